The molecule has 1 aliphatic rings. The molecule has 0 saturated carbocycles. The van der Waals surface area contributed by atoms with E-state index in [2.05, 4.69) is 39.5 Å². The lowest BCUT2D eigenvalue weighted by molar-refractivity contribution is 0.0923. The quantitative estimate of drug-likeness (QED) is 0.514. The van der Waals surface area contributed by atoms with Gasteiger partial charge in [0.1, 0.15) is 11.9 Å². The van der Waals surface area contributed by atoms with Gasteiger partial charge in [0.05, 0.1) is 11.0 Å². The fraction of sp³-hybridized carbons (Fsp3) is 0.200. The van der Waals surface area contributed by atoms with E-state index in [1.165, 1.54) is 5.56 Å². The van der Waals surface area contributed by atoms with E-state index < -0.39 is 0 Å². The summed E-state index contributed by atoms with van der Waals surface area (Å²) in [6.45, 7) is 3.02. The van der Waals surface area contributed by atoms with E-state index >= 15 is 0 Å². The number of nitrogens with one attached hydrogen (secondary N) is 2. The van der Waals surface area contributed by atoms with Crippen molar-refractivity contribution in [1.82, 2.24) is 19.8 Å². The number of amides is 2. The van der Waals surface area contributed by atoms with Crippen LogP contribution in [-0.4, -0.2) is 45.4 Å². The van der Waals surface area contributed by atoms with Crippen LogP contribution in [0.4, 0.5) is 10.5 Å². The number of imidazole rings is 1. The summed E-state index contributed by atoms with van der Waals surface area (Å²) < 4.78 is 0. The molecule has 0 bridgehead atoms. The number of aromatic amines is 1. The van der Waals surface area contributed by atoms with Gasteiger partial charge in [-0.1, -0.05) is 60.7 Å². The average Bonchev–Trinajstić information content (AvgIpc) is 3.25. The second-order valence-electron chi connectivity index (χ2n) is 7.87. The summed E-state index contributed by atoms with van der Waals surface area (Å²) in [5.41, 5.74) is 3.97. The van der Waals surface area contributed by atoms with Crippen LogP contribution in [0.15, 0.2) is 84.9 Å². The van der Waals surface area contributed by atoms with Gasteiger partial charge in [0.25, 0.3) is 0 Å². The van der Waals surface area contributed by atoms with Gasteiger partial charge in [-0.2, -0.15) is 0 Å². The summed E-state index contributed by atoms with van der Waals surface area (Å²) in [5, 5.41) is 3.04. The molecule has 1 aliphatic heterocycles. The third-order valence-corrected chi connectivity index (χ3v) is 5.72. The van der Waals surface area contributed by atoms with Crippen LogP contribution >= 0.6 is 0 Å². The predicted octanol–water partition coefficient (Wildman–Crippen LogP) is 4.65. The molecule has 2 amide bonds. The summed E-state index contributed by atoms with van der Waals surface area (Å²) >= 11 is 0. The number of urea groups is 1. The van der Waals surface area contributed by atoms with Crippen LogP contribution < -0.4 is 5.32 Å². The van der Waals surface area contributed by atoms with E-state index in [-0.39, 0.29) is 12.1 Å². The summed E-state index contributed by atoms with van der Waals surface area (Å²) in [5.74, 6) is 0.821. The maximum atomic E-state index is 13.2. The third kappa shape index (κ3) is 4.29. The molecule has 0 aliphatic carbocycles. The molecular weight excluding hydrogens is 386 g/mol. The number of fused-ring (bicyclic) bond motifs is 1. The molecule has 1 aromatic heterocycles. The third-order valence-electron chi connectivity index (χ3n) is 5.72. The lowest BCUT2D eigenvalue weighted by Gasteiger charge is -2.40. The number of H-pyrrole nitrogens is 1. The largest absolute Gasteiger partial charge is 0.340 e. The highest BCUT2D eigenvalue weighted by Gasteiger charge is 2.33. The van der Waals surface area contributed by atoms with E-state index in [4.69, 9.17) is 4.98 Å². The Bertz CT molecular complexity index is 1130. The van der Waals surface area contributed by atoms with Gasteiger partial charge in [-0.15, -0.1) is 0 Å². The molecule has 2 heterocycles. The van der Waals surface area contributed by atoms with E-state index in [0.29, 0.717) is 6.54 Å². The Kier molecular flexibility index (Phi) is 5.37. The maximum absolute atomic E-state index is 13.2. The minimum absolute atomic E-state index is 0.101. The number of hydrogen-bond acceptors (Lipinski definition) is 3. The predicted molar refractivity (Wildman–Crippen MR) is 123 cm³/mol. The van der Waals surface area contributed by atoms with Crippen LogP contribution in [0.3, 0.4) is 0 Å². The van der Waals surface area contributed by atoms with Gasteiger partial charge >= 0.3 is 6.03 Å². The number of para-hydroxylation sites is 3. The maximum Gasteiger partial charge on any atom is 0.322 e. The molecule has 31 heavy (non-hydrogen) atoms. The average molecular weight is 412 g/mol. The Labute approximate surface area is 181 Å². The number of piperazine rings is 1. The van der Waals surface area contributed by atoms with E-state index in [1.807, 2.05) is 65.6 Å². The number of carbonyl (C=O) groups excluding carboxylic acids is 1. The van der Waals surface area contributed by atoms with E-state index in [1.54, 1.807) is 0 Å². The molecule has 1 saturated heterocycles. The highest BCUT2D eigenvalue weighted by Crippen LogP contribution is 2.27. The molecule has 6 heteroatoms. The van der Waals surface area contributed by atoms with Gasteiger partial charge in [-0.25, -0.2) is 9.78 Å². The van der Waals surface area contributed by atoms with Crippen molar-refractivity contribution in [1.29, 1.82) is 0 Å². The van der Waals surface area contributed by atoms with Gasteiger partial charge in [0, 0.05) is 31.9 Å². The van der Waals surface area contributed by atoms with E-state index in [9.17, 15) is 4.79 Å². The minimum Gasteiger partial charge on any atom is -0.340 e. The zero-order chi connectivity index (χ0) is 21.0. The van der Waals surface area contributed by atoms with Gasteiger partial charge in [-0.05, 0) is 29.8 Å². The highest BCUT2D eigenvalue weighted by molar-refractivity contribution is 5.89. The summed E-state index contributed by atoms with van der Waals surface area (Å²) in [6.07, 6.45) is 0. The van der Waals surface area contributed by atoms with Crippen molar-refractivity contribution >= 4 is 22.8 Å². The van der Waals surface area contributed by atoms with Crippen LogP contribution in [0.25, 0.3) is 11.0 Å². The lowest BCUT2D eigenvalue weighted by Crippen LogP contribution is -2.51. The Morgan fingerprint density at radius 2 is 1.65 bits per heavy atom. The van der Waals surface area contributed by atoms with Crippen LogP contribution in [0.5, 0.6) is 0 Å². The van der Waals surface area contributed by atoms with Gasteiger partial charge in [0.15, 0.2) is 0 Å². The van der Waals surface area contributed by atoms with Gasteiger partial charge in [0.2, 0.25) is 0 Å². The highest BCUT2D eigenvalue weighted by atomic mass is 16.2. The summed E-state index contributed by atoms with van der Waals surface area (Å²) in [7, 11) is 0. The molecule has 0 radical (unpaired) electrons. The van der Waals surface area contributed by atoms with Crippen molar-refractivity contribution in [2.24, 2.45) is 0 Å². The Morgan fingerprint density at radius 1 is 0.935 bits per heavy atom. The second kappa shape index (κ2) is 8.62. The fourth-order valence-corrected chi connectivity index (χ4v) is 4.15. The zero-order valence-corrected chi connectivity index (χ0v) is 17.2. The Balaban J connectivity index is 1.41. The van der Waals surface area contributed by atoms with Crippen molar-refractivity contribution in [2.75, 3.05) is 25.0 Å². The first-order chi connectivity index (χ1) is 15.3. The first kappa shape index (κ1) is 19.3. The number of nitrogens with zero attached hydrogens (tertiary/aromatic N) is 3. The van der Waals surface area contributed by atoms with Crippen LogP contribution in [-0.2, 0) is 6.54 Å². The van der Waals surface area contributed by atoms with Crippen molar-refractivity contribution in [2.45, 2.75) is 12.6 Å². The first-order valence-electron chi connectivity index (χ1n) is 10.6. The molecule has 2 N–H and O–H groups in total. The van der Waals surface area contributed by atoms with Crippen molar-refractivity contribution in [3.8, 4) is 0 Å². The number of benzene rings is 3. The molecule has 6 nitrogen and oxygen atoms in total. The molecule has 156 valence electrons. The van der Waals surface area contributed by atoms with Crippen LogP contribution in [0, 0.1) is 0 Å². The molecule has 1 atom stereocenters. The lowest BCUT2D eigenvalue weighted by atomic mass is 10.1. The summed E-state index contributed by atoms with van der Waals surface area (Å²) in [6, 6.07) is 27.8. The van der Waals surface area contributed by atoms with Crippen LogP contribution in [0.1, 0.15) is 17.4 Å². The molecular formula is C25H25N5O. The number of anilines is 1. The van der Waals surface area contributed by atoms with Crippen molar-refractivity contribution < 1.29 is 4.79 Å². The minimum atomic E-state index is -0.159. The number of carbonyl (C=O) groups is 1. The van der Waals surface area contributed by atoms with Crippen LogP contribution in [0.2, 0.25) is 0 Å². The Hall–Kier alpha value is -3.64. The number of rotatable bonds is 4. The molecule has 1 fully saturated rings. The first-order valence-corrected chi connectivity index (χ1v) is 10.6. The monoisotopic (exact) mass is 411 g/mol. The Morgan fingerprint density at radius 3 is 2.42 bits per heavy atom. The molecule has 3 aromatic carbocycles. The molecule has 1 unspecified atom stereocenters. The second-order valence-corrected chi connectivity index (χ2v) is 7.87. The normalized spacial score (nSPS) is 17.0. The molecule has 0 spiro atoms. The standard InChI is InChI=1S/C25H25N5O/c31-25(26-20-11-5-2-6-12-20)30-16-15-29(17-19-9-3-1-4-10-19)18-23(30)24-27-21-13-7-8-14-22(21)28-24/h1-14,23H,15-18H2,(H,26,31)(H,27,28). The molecule has 5 rings (SSSR count). The fourth-order valence-electron chi connectivity index (χ4n) is 4.15. The van der Waals surface area contributed by atoms with Crippen molar-refractivity contribution in [3.05, 3.63) is 96.3 Å². The topological polar surface area (TPSA) is 64.3 Å². The molecule has 4 aromatic rings. The number of hydrogen-bond donors (Lipinski definition) is 2. The van der Waals surface area contributed by atoms with Gasteiger partial charge in [-0.3, -0.25) is 4.90 Å². The zero-order valence-electron chi connectivity index (χ0n) is 17.2. The SMILES string of the molecule is O=C(Nc1ccccc1)N1CCN(Cc2ccccc2)CC1c1nc2ccccc2[nH]1. The smallest absolute Gasteiger partial charge is 0.322 e. The summed E-state index contributed by atoms with van der Waals surface area (Å²) in [4.78, 5) is 25.7. The van der Waals surface area contributed by atoms with E-state index in [0.717, 1.165) is 42.2 Å². The number of aromatic nitrogens is 2. The van der Waals surface area contributed by atoms with Crippen molar-refractivity contribution in [3.63, 3.8) is 0 Å². The van der Waals surface area contributed by atoms with Gasteiger partial charge < -0.3 is 15.2 Å².